The lowest BCUT2D eigenvalue weighted by molar-refractivity contribution is -0.0501. The van der Waals surface area contributed by atoms with Crippen LogP contribution >= 0.6 is 11.3 Å². The van der Waals surface area contributed by atoms with E-state index in [-0.39, 0.29) is 6.10 Å². The van der Waals surface area contributed by atoms with E-state index in [0.717, 1.165) is 32.0 Å². The minimum absolute atomic E-state index is 0.156. The lowest BCUT2D eigenvalue weighted by Crippen LogP contribution is -2.44. The van der Waals surface area contributed by atoms with Crippen molar-refractivity contribution in [1.82, 2.24) is 4.90 Å². The number of rotatable bonds is 5. The molecule has 1 aliphatic rings. The Labute approximate surface area is 123 Å². The number of ether oxygens (including phenoxy) is 2. The van der Waals surface area contributed by atoms with Gasteiger partial charge in [-0.25, -0.2) is 0 Å². The second kappa shape index (κ2) is 6.88. The summed E-state index contributed by atoms with van der Waals surface area (Å²) in [5.74, 6) is 0.909. The average molecular weight is 289 g/mol. The fraction of sp³-hybridized carbons (Fsp3) is 0.375. The number of benzene rings is 1. The van der Waals surface area contributed by atoms with Crippen molar-refractivity contribution in [3.8, 4) is 5.75 Å². The Balaban J connectivity index is 1.48. The van der Waals surface area contributed by atoms with E-state index in [4.69, 9.17) is 9.47 Å². The molecule has 0 bridgehead atoms. The minimum Gasteiger partial charge on any atom is -0.491 e. The van der Waals surface area contributed by atoms with E-state index in [2.05, 4.69) is 22.4 Å². The first kappa shape index (κ1) is 13.6. The van der Waals surface area contributed by atoms with Crippen molar-refractivity contribution in [2.24, 2.45) is 0 Å². The molecular weight excluding hydrogens is 270 g/mol. The third-order valence-electron chi connectivity index (χ3n) is 3.36. The molecule has 0 saturated carbocycles. The second-order valence-electron chi connectivity index (χ2n) is 4.93. The van der Waals surface area contributed by atoms with Gasteiger partial charge in [-0.05, 0) is 23.6 Å². The van der Waals surface area contributed by atoms with Gasteiger partial charge in [0.15, 0.2) is 0 Å². The molecule has 106 valence electrons. The van der Waals surface area contributed by atoms with Gasteiger partial charge in [0.2, 0.25) is 0 Å². The smallest absolute Gasteiger partial charge is 0.119 e. The van der Waals surface area contributed by atoms with Crippen LogP contribution in [0.25, 0.3) is 0 Å². The highest BCUT2D eigenvalue weighted by Gasteiger charge is 2.21. The minimum atomic E-state index is 0.156. The molecule has 3 nitrogen and oxygen atoms in total. The molecule has 1 unspecified atom stereocenters. The monoisotopic (exact) mass is 289 g/mol. The number of morpholine rings is 1. The van der Waals surface area contributed by atoms with Gasteiger partial charge in [0.25, 0.3) is 0 Å². The zero-order valence-electron chi connectivity index (χ0n) is 11.4. The topological polar surface area (TPSA) is 21.7 Å². The Morgan fingerprint density at radius 1 is 1.20 bits per heavy atom. The van der Waals surface area contributed by atoms with Gasteiger partial charge in [-0.3, -0.25) is 4.90 Å². The average Bonchev–Trinajstić information content (AvgIpc) is 3.00. The van der Waals surface area contributed by atoms with Crippen LogP contribution in [-0.4, -0.2) is 37.3 Å². The first-order chi connectivity index (χ1) is 9.90. The van der Waals surface area contributed by atoms with Crippen LogP contribution in [0.3, 0.4) is 0 Å². The van der Waals surface area contributed by atoms with Gasteiger partial charge in [0.05, 0.1) is 6.61 Å². The van der Waals surface area contributed by atoms with E-state index in [0.29, 0.717) is 6.61 Å². The summed E-state index contributed by atoms with van der Waals surface area (Å²) in [6.45, 7) is 4.35. The molecule has 1 atom stereocenters. The molecular formula is C16H19NO2S. The van der Waals surface area contributed by atoms with E-state index in [1.165, 1.54) is 4.88 Å². The van der Waals surface area contributed by atoms with Gasteiger partial charge < -0.3 is 9.47 Å². The van der Waals surface area contributed by atoms with Gasteiger partial charge in [0.1, 0.15) is 18.5 Å². The maximum atomic E-state index is 5.79. The quantitative estimate of drug-likeness (QED) is 0.844. The third-order valence-corrected chi connectivity index (χ3v) is 4.22. The molecule has 0 spiro atoms. The molecule has 2 heterocycles. The van der Waals surface area contributed by atoms with Crippen LogP contribution in [0.15, 0.2) is 47.8 Å². The van der Waals surface area contributed by atoms with Crippen molar-refractivity contribution in [3.05, 3.63) is 52.7 Å². The number of thiophene rings is 1. The van der Waals surface area contributed by atoms with E-state index in [1.807, 2.05) is 41.7 Å². The predicted molar refractivity (Wildman–Crippen MR) is 81.3 cm³/mol. The molecule has 1 aromatic carbocycles. The zero-order valence-corrected chi connectivity index (χ0v) is 12.2. The molecule has 1 saturated heterocycles. The van der Waals surface area contributed by atoms with Gasteiger partial charge in [-0.2, -0.15) is 0 Å². The second-order valence-corrected chi connectivity index (χ2v) is 5.96. The molecule has 4 heteroatoms. The molecule has 0 aliphatic carbocycles. The van der Waals surface area contributed by atoms with Crippen molar-refractivity contribution in [1.29, 1.82) is 0 Å². The molecule has 1 aliphatic heterocycles. The third kappa shape index (κ3) is 3.82. The highest BCUT2D eigenvalue weighted by atomic mass is 32.1. The fourth-order valence-corrected chi connectivity index (χ4v) is 3.10. The molecule has 20 heavy (non-hydrogen) atoms. The molecule has 0 radical (unpaired) electrons. The summed E-state index contributed by atoms with van der Waals surface area (Å²) in [5.41, 5.74) is 0. The van der Waals surface area contributed by atoms with Crippen LogP contribution in [0, 0.1) is 0 Å². The molecule has 3 rings (SSSR count). The molecule has 0 N–H and O–H groups in total. The van der Waals surface area contributed by atoms with E-state index in [9.17, 15) is 0 Å². The Kier molecular flexibility index (Phi) is 4.69. The summed E-state index contributed by atoms with van der Waals surface area (Å²) in [6, 6.07) is 14.2. The first-order valence-corrected chi connectivity index (χ1v) is 7.82. The van der Waals surface area contributed by atoms with Crippen LogP contribution in [0.4, 0.5) is 0 Å². The lowest BCUT2D eigenvalue weighted by Gasteiger charge is -2.32. The standard InChI is InChI=1S/C16H19NO2S/c1-2-5-14(6-3-1)19-13-15-11-17(8-9-18-15)12-16-7-4-10-20-16/h1-7,10,15H,8-9,11-13H2. The summed E-state index contributed by atoms with van der Waals surface area (Å²) in [6.07, 6.45) is 0.156. The zero-order chi connectivity index (χ0) is 13.6. The SMILES string of the molecule is c1ccc(OCC2CN(Cc3cccs3)CCO2)cc1. The summed E-state index contributed by atoms with van der Waals surface area (Å²) in [4.78, 5) is 3.85. The van der Waals surface area contributed by atoms with Gasteiger partial charge in [-0.15, -0.1) is 11.3 Å². The number of para-hydroxylation sites is 1. The Morgan fingerprint density at radius 3 is 2.90 bits per heavy atom. The van der Waals surface area contributed by atoms with Crippen molar-refractivity contribution >= 4 is 11.3 Å². The molecule has 1 aromatic heterocycles. The first-order valence-electron chi connectivity index (χ1n) is 6.94. The maximum absolute atomic E-state index is 5.79. The van der Waals surface area contributed by atoms with Crippen LogP contribution in [0.1, 0.15) is 4.88 Å². The van der Waals surface area contributed by atoms with Gasteiger partial charge in [-0.1, -0.05) is 24.3 Å². The maximum Gasteiger partial charge on any atom is 0.119 e. The predicted octanol–water partition coefficient (Wildman–Crippen LogP) is 3.03. The van der Waals surface area contributed by atoms with Crippen molar-refractivity contribution in [3.63, 3.8) is 0 Å². The highest BCUT2D eigenvalue weighted by molar-refractivity contribution is 7.09. The lowest BCUT2D eigenvalue weighted by atomic mass is 10.2. The summed E-state index contributed by atoms with van der Waals surface area (Å²) in [5, 5.41) is 2.13. The Morgan fingerprint density at radius 2 is 2.10 bits per heavy atom. The van der Waals surface area contributed by atoms with E-state index >= 15 is 0 Å². The van der Waals surface area contributed by atoms with E-state index in [1.54, 1.807) is 0 Å². The number of hydrogen-bond acceptors (Lipinski definition) is 4. The van der Waals surface area contributed by atoms with E-state index < -0.39 is 0 Å². The highest BCUT2D eigenvalue weighted by Crippen LogP contribution is 2.16. The summed E-state index contributed by atoms with van der Waals surface area (Å²) < 4.78 is 11.6. The largest absolute Gasteiger partial charge is 0.491 e. The van der Waals surface area contributed by atoms with Gasteiger partial charge >= 0.3 is 0 Å². The van der Waals surface area contributed by atoms with Crippen molar-refractivity contribution in [2.75, 3.05) is 26.3 Å². The van der Waals surface area contributed by atoms with Crippen LogP contribution in [0.5, 0.6) is 5.75 Å². The van der Waals surface area contributed by atoms with Crippen molar-refractivity contribution < 1.29 is 9.47 Å². The number of nitrogens with zero attached hydrogens (tertiary/aromatic N) is 1. The molecule has 1 fully saturated rings. The molecule has 2 aromatic rings. The summed E-state index contributed by atoms with van der Waals surface area (Å²) >= 11 is 1.81. The van der Waals surface area contributed by atoms with Crippen molar-refractivity contribution in [2.45, 2.75) is 12.6 Å². The Hall–Kier alpha value is -1.36. The fourth-order valence-electron chi connectivity index (χ4n) is 2.35. The molecule has 0 amide bonds. The van der Waals surface area contributed by atoms with Crippen LogP contribution in [-0.2, 0) is 11.3 Å². The Bertz CT molecular complexity index is 500. The number of hydrogen-bond donors (Lipinski definition) is 0. The van der Waals surface area contributed by atoms with Crippen LogP contribution in [0.2, 0.25) is 0 Å². The summed E-state index contributed by atoms with van der Waals surface area (Å²) in [7, 11) is 0. The van der Waals surface area contributed by atoms with Crippen LogP contribution < -0.4 is 4.74 Å². The normalized spacial score (nSPS) is 19.9. The van der Waals surface area contributed by atoms with Gasteiger partial charge in [0, 0.05) is 24.5 Å².